The summed E-state index contributed by atoms with van der Waals surface area (Å²) < 4.78 is 0. The van der Waals surface area contributed by atoms with Crippen LogP contribution < -0.4 is 5.32 Å². The summed E-state index contributed by atoms with van der Waals surface area (Å²) in [5.74, 6) is 7.69. The Morgan fingerprint density at radius 1 is 1.35 bits per heavy atom. The lowest BCUT2D eigenvalue weighted by atomic mass is 9.92. The van der Waals surface area contributed by atoms with Gasteiger partial charge < -0.3 is 5.32 Å². The van der Waals surface area contributed by atoms with Gasteiger partial charge in [0.1, 0.15) is 0 Å². The largest absolute Gasteiger partial charge is 0.311 e. The van der Waals surface area contributed by atoms with Crippen molar-refractivity contribution in [2.45, 2.75) is 53.1 Å². The molecular formula is C15H28N2. The maximum atomic E-state index is 3.72. The standard InChI is InChI=1S/C15H28N2/c1-6-8-9-17-11-14(13(5)7-2)16-10-15(17)12(3)4/h12-16H,7,9-11H2,1-5H3. The Morgan fingerprint density at radius 3 is 2.59 bits per heavy atom. The van der Waals surface area contributed by atoms with Crippen molar-refractivity contribution in [1.82, 2.24) is 10.2 Å². The zero-order chi connectivity index (χ0) is 12.8. The molecular weight excluding hydrogens is 208 g/mol. The first-order chi connectivity index (χ1) is 8.10. The third kappa shape index (κ3) is 4.01. The van der Waals surface area contributed by atoms with Gasteiger partial charge in [-0.15, -0.1) is 5.92 Å². The van der Waals surface area contributed by atoms with Gasteiger partial charge >= 0.3 is 0 Å². The lowest BCUT2D eigenvalue weighted by Gasteiger charge is -2.43. The zero-order valence-corrected chi connectivity index (χ0v) is 12.1. The van der Waals surface area contributed by atoms with E-state index in [1.165, 1.54) is 6.42 Å². The molecule has 1 saturated heterocycles. The van der Waals surface area contributed by atoms with E-state index >= 15 is 0 Å². The molecule has 0 aromatic heterocycles. The van der Waals surface area contributed by atoms with Crippen LogP contribution in [0.3, 0.4) is 0 Å². The molecule has 1 N–H and O–H groups in total. The summed E-state index contributed by atoms with van der Waals surface area (Å²) in [4.78, 5) is 2.56. The Balaban J connectivity index is 2.64. The number of nitrogens with zero attached hydrogens (tertiary/aromatic N) is 1. The highest BCUT2D eigenvalue weighted by atomic mass is 15.2. The molecule has 0 aliphatic carbocycles. The average molecular weight is 236 g/mol. The number of piperazine rings is 1. The Kier molecular flexibility index (Phi) is 6.02. The lowest BCUT2D eigenvalue weighted by molar-refractivity contribution is 0.0953. The average Bonchev–Trinajstić information content (AvgIpc) is 2.34. The second-order valence-electron chi connectivity index (χ2n) is 5.57. The van der Waals surface area contributed by atoms with Crippen LogP contribution in [-0.4, -0.2) is 36.6 Å². The number of hydrogen-bond donors (Lipinski definition) is 1. The molecule has 1 rings (SSSR count). The van der Waals surface area contributed by atoms with Crippen molar-refractivity contribution < 1.29 is 0 Å². The molecule has 0 aromatic carbocycles. The summed E-state index contributed by atoms with van der Waals surface area (Å²) in [5.41, 5.74) is 0. The topological polar surface area (TPSA) is 15.3 Å². The van der Waals surface area contributed by atoms with Gasteiger partial charge in [0.25, 0.3) is 0 Å². The number of nitrogens with one attached hydrogen (secondary N) is 1. The molecule has 2 nitrogen and oxygen atoms in total. The molecule has 98 valence electrons. The molecule has 1 aliphatic rings. The molecule has 2 heteroatoms. The molecule has 1 heterocycles. The van der Waals surface area contributed by atoms with E-state index in [1.807, 2.05) is 6.92 Å². The van der Waals surface area contributed by atoms with Crippen LogP contribution >= 0.6 is 0 Å². The van der Waals surface area contributed by atoms with E-state index in [9.17, 15) is 0 Å². The van der Waals surface area contributed by atoms with Crippen LogP contribution in [0, 0.1) is 23.7 Å². The number of rotatable bonds is 4. The molecule has 1 aliphatic heterocycles. The molecule has 0 saturated carbocycles. The van der Waals surface area contributed by atoms with Crippen LogP contribution in [0.4, 0.5) is 0 Å². The Hall–Kier alpha value is -0.520. The third-order valence-corrected chi connectivity index (χ3v) is 4.05. The maximum Gasteiger partial charge on any atom is 0.0604 e. The van der Waals surface area contributed by atoms with Crippen LogP contribution in [0.25, 0.3) is 0 Å². The van der Waals surface area contributed by atoms with E-state index in [1.54, 1.807) is 0 Å². The normalized spacial score (nSPS) is 27.6. The van der Waals surface area contributed by atoms with E-state index in [0.29, 0.717) is 18.0 Å². The predicted molar refractivity (Wildman–Crippen MR) is 74.9 cm³/mol. The second kappa shape index (κ2) is 7.03. The van der Waals surface area contributed by atoms with Crippen LogP contribution in [0.2, 0.25) is 0 Å². The minimum absolute atomic E-state index is 0.633. The first kappa shape index (κ1) is 14.5. The van der Waals surface area contributed by atoms with E-state index < -0.39 is 0 Å². The molecule has 17 heavy (non-hydrogen) atoms. The molecule has 0 radical (unpaired) electrons. The smallest absolute Gasteiger partial charge is 0.0604 e. The van der Waals surface area contributed by atoms with E-state index in [4.69, 9.17) is 0 Å². The monoisotopic (exact) mass is 236 g/mol. The van der Waals surface area contributed by atoms with Crippen LogP contribution in [0.1, 0.15) is 41.0 Å². The fourth-order valence-corrected chi connectivity index (χ4v) is 2.54. The Labute approximate surface area is 107 Å². The van der Waals surface area contributed by atoms with Gasteiger partial charge in [0.15, 0.2) is 0 Å². The minimum Gasteiger partial charge on any atom is -0.311 e. The van der Waals surface area contributed by atoms with Crippen molar-refractivity contribution in [3.63, 3.8) is 0 Å². The number of hydrogen-bond acceptors (Lipinski definition) is 2. The van der Waals surface area contributed by atoms with Crippen molar-refractivity contribution in [3.8, 4) is 11.8 Å². The third-order valence-electron chi connectivity index (χ3n) is 4.05. The van der Waals surface area contributed by atoms with Crippen molar-refractivity contribution in [1.29, 1.82) is 0 Å². The highest BCUT2D eigenvalue weighted by Crippen LogP contribution is 2.19. The van der Waals surface area contributed by atoms with Gasteiger partial charge in [-0.3, -0.25) is 4.90 Å². The molecule has 3 atom stereocenters. The van der Waals surface area contributed by atoms with Crippen molar-refractivity contribution in [2.75, 3.05) is 19.6 Å². The molecule has 0 aromatic rings. The van der Waals surface area contributed by atoms with Gasteiger partial charge in [-0.05, 0) is 18.8 Å². The maximum absolute atomic E-state index is 3.72. The summed E-state index contributed by atoms with van der Waals surface area (Å²) >= 11 is 0. The second-order valence-corrected chi connectivity index (χ2v) is 5.57. The highest BCUT2D eigenvalue weighted by molar-refractivity contribution is 5.01. The first-order valence-corrected chi connectivity index (χ1v) is 6.97. The summed E-state index contributed by atoms with van der Waals surface area (Å²) in [6.45, 7) is 14.3. The Morgan fingerprint density at radius 2 is 2.06 bits per heavy atom. The van der Waals surface area contributed by atoms with Gasteiger partial charge in [-0.25, -0.2) is 0 Å². The molecule has 1 fully saturated rings. The van der Waals surface area contributed by atoms with Crippen LogP contribution in [-0.2, 0) is 0 Å². The van der Waals surface area contributed by atoms with E-state index in [0.717, 1.165) is 25.6 Å². The predicted octanol–water partition coefficient (Wildman–Crippen LogP) is 2.35. The van der Waals surface area contributed by atoms with E-state index in [-0.39, 0.29) is 0 Å². The summed E-state index contributed by atoms with van der Waals surface area (Å²) in [5, 5.41) is 3.72. The molecule has 0 bridgehead atoms. The minimum atomic E-state index is 0.633. The van der Waals surface area contributed by atoms with Gasteiger partial charge in [-0.1, -0.05) is 40.0 Å². The van der Waals surface area contributed by atoms with Gasteiger partial charge in [-0.2, -0.15) is 0 Å². The van der Waals surface area contributed by atoms with Gasteiger partial charge in [0.2, 0.25) is 0 Å². The summed E-state index contributed by atoms with van der Waals surface area (Å²) in [6, 6.07) is 1.27. The zero-order valence-electron chi connectivity index (χ0n) is 12.1. The highest BCUT2D eigenvalue weighted by Gasteiger charge is 2.30. The lowest BCUT2D eigenvalue weighted by Crippen LogP contribution is -2.59. The van der Waals surface area contributed by atoms with E-state index in [2.05, 4.69) is 49.8 Å². The van der Waals surface area contributed by atoms with Crippen LogP contribution in [0.15, 0.2) is 0 Å². The van der Waals surface area contributed by atoms with Crippen molar-refractivity contribution >= 4 is 0 Å². The van der Waals surface area contributed by atoms with Crippen LogP contribution in [0.5, 0.6) is 0 Å². The quantitative estimate of drug-likeness (QED) is 0.754. The molecule has 3 unspecified atom stereocenters. The van der Waals surface area contributed by atoms with Gasteiger partial charge in [0, 0.05) is 25.2 Å². The summed E-state index contributed by atoms with van der Waals surface area (Å²) in [6.07, 6.45) is 1.25. The van der Waals surface area contributed by atoms with Crippen molar-refractivity contribution in [2.24, 2.45) is 11.8 Å². The van der Waals surface area contributed by atoms with Gasteiger partial charge in [0.05, 0.1) is 6.54 Å². The first-order valence-electron chi connectivity index (χ1n) is 6.97. The Bertz CT molecular complexity index is 274. The fourth-order valence-electron chi connectivity index (χ4n) is 2.54. The summed E-state index contributed by atoms with van der Waals surface area (Å²) in [7, 11) is 0. The van der Waals surface area contributed by atoms with Crippen molar-refractivity contribution in [3.05, 3.63) is 0 Å². The fraction of sp³-hybridized carbons (Fsp3) is 0.867. The molecule has 0 amide bonds. The molecule has 0 spiro atoms. The SMILES string of the molecule is CC#CCN1CC(C(C)CC)NCC1C(C)C.